The molecule has 0 unspecified atom stereocenters. The summed E-state index contributed by atoms with van der Waals surface area (Å²) < 4.78 is 0. The van der Waals surface area contributed by atoms with Crippen molar-refractivity contribution in [3.63, 3.8) is 0 Å². The second-order valence-electron chi connectivity index (χ2n) is 3.51. The molecule has 112 valence electrons. The Kier molecular flexibility index (Phi) is 31.1. The molecular formula is C11H28N2O5. The Hall–Kier alpha value is -0.890. The van der Waals surface area contributed by atoms with E-state index in [1.54, 1.807) is 0 Å². The molecule has 0 bridgehead atoms. The summed E-state index contributed by atoms with van der Waals surface area (Å²) in [7, 11) is 0. The summed E-state index contributed by atoms with van der Waals surface area (Å²) in [6.07, 6.45) is 5.14. The molecular weight excluding hydrogens is 240 g/mol. The summed E-state index contributed by atoms with van der Waals surface area (Å²) in [5.41, 5.74) is 4.20. The fourth-order valence-electron chi connectivity index (χ4n) is 0.908. The summed E-state index contributed by atoms with van der Waals surface area (Å²) in [4.78, 5) is 8.56. The van der Waals surface area contributed by atoms with Gasteiger partial charge in [0.1, 0.15) is 0 Å². The molecule has 7 nitrogen and oxygen atoms in total. The molecule has 0 radical (unpaired) electrons. The molecule has 18 heavy (non-hydrogen) atoms. The van der Waals surface area contributed by atoms with E-state index in [9.17, 15) is 0 Å². The third-order valence-corrected chi connectivity index (χ3v) is 1.78. The molecule has 0 amide bonds. The van der Waals surface area contributed by atoms with E-state index >= 15 is 0 Å². The first kappa shape index (κ1) is 22.3. The highest BCUT2D eigenvalue weighted by atomic mass is 16.6. The van der Waals surface area contributed by atoms with Gasteiger partial charge in [-0.15, -0.1) is 0 Å². The van der Waals surface area contributed by atoms with Crippen molar-refractivity contribution in [2.75, 3.05) is 13.1 Å². The maximum atomic E-state index is 8.56. The zero-order valence-electron chi connectivity index (χ0n) is 11.4. The van der Waals surface area contributed by atoms with Gasteiger partial charge in [-0.3, -0.25) is 0 Å². The van der Waals surface area contributed by atoms with Crippen LogP contribution in [0, 0.1) is 0 Å². The van der Waals surface area contributed by atoms with Gasteiger partial charge >= 0.3 is 6.16 Å². The van der Waals surface area contributed by atoms with Crippen LogP contribution in [0.1, 0.15) is 52.4 Å². The van der Waals surface area contributed by atoms with Crippen molar-refractivity contribution < 1.29 is 25.4 Å². The molecule has 0 aliphatic rings. The first-order chi connectivity index (χ1) is 8.56. The lowest BCUT2D eigenvalue weighted by molar-refractivity contribution is 0.137. The van der Waals surface area contributed by atoms with Crippen LogP contribution in [-0.4, -0.2) is 39.9 Å². The Morgan fingerprint density at radius 2 is 1.11 bits per heavy atom. The number of hydroxylamine groups is 2. The second-order valence-corrected chi connectivity index (χ2v) is 3.51. The normalized spacial score (nSPS) is 8.67. The molecule has 0 saturated heterocycles. The number of hydrogen-bond donors (Lipinski definition) is 6. The average Bonchev–Trinajstić information content (AvgIpc) is 2.31. The summed E-state index contributed by atoms with van der Waals surface area (Å²) >= 11 is 0. The summed E-state index contributed by atoms with van der Waals surface area (Å²) in [6.45, 7) is 5.73. The minimum atomic E-state index is -1.83. The minimum Gasteiger partial charge on any atom is -0.450 e. The Bertz CT molecular complexity index is 125. The fraction of sp³-hybridized carbons (Fsp3) is 0.909. The van der Waals surface area contributed by atoms with Gasteiger partial charge in [-0.25, -0.2) is 15.8 Å². The molecule has 0 aromatic heterocycles. The zero-order chi connectivity index (χ0) is 14.6. The predicted octanol–water partition coefficient (Wildman–Crippen LogP) is 2.53. The first-order valence-electron chi connectivity index (χ1n) is 6.22. The lowest BCUT2D eigenvalue weighted by Gasteiger charge is -1.92. The maximum Gasteiger partial charge on any atom is 0.503 e. The Balaban J connectivity index is -0.000000196. The summed E-state index contributed by atoms with van der Waals surface area (Å²) in [6, 6.07) is 0. The number of unbranched alkanes of at least 4 members (excludes halogenated alkanes) is 4. The second kappa shape index (κ2) is 25.1. The van der Waals surface area contributed by atoms with Gasteiger partial charge in [0.15, 0.2) is 0 Å². The molecule has 0 aromatic rings. The molecule has 0 aromatic carbocycles. The quantitative estimate of drug-likeness (QED) is 0.295. The number of rotatable bonds is 8. The Morgan fingerprint density at radius 3 is 1.28 bits per heavy atom. The zero-order valence-corrected chi connectivity index (χ0v) is 11.4. The lowest BCUT2D eigenvalue weighted by atomic mass is 10.3. The lowest BCUT2D eigenvalue weighted by Crippen LogP contribution is -2.07. The molecule has 0 aliphatic heterocycles. The highest BCUT2D eigenvalue weighted by molar-refractivity contribution is 5.53. The Labute approximate surface area is 109 Å². The highest BCUT2D eigenvalue weighted by Crippen LogP contribution is 1.90. The van der Waals surface area contributed by atoms with Crippen LogP contribution in [0.5, 0.6) is 0 Å². The van der Waals surface area contributed by atoms with Crippen LogP contribution in [0.15, 0.2) is 0 Å². The van der Waals surface area contributed by atoms with Crippen LogP contribution < -0.4 is 11.0 Å². The van der Waals surface area contributed by atoms with Crippen LogP contribution in [-0.2, 0) is 0 Å². The number of carboxylic acid groups (broad SMARTS) is 2. The van der Waals surface area contributed by atoms with E-state index in [2.05, 4.69) is 24.8 Å². The summed E-state index contributed by atoms with van der Waals surface area (Å²) in [5.74, 6) is 0. The van der Waals surface area contributed by atoms with Gasteiger partial charge in [-0.2, -0.15) is 0 Å². The van der Waals surface area contributed by atoms with Crippen LogP contribution in [0.25, 0.3) is 0 Å². The van der Waals surface area contributed by atoms with Crippen molar-refractivity contribution in [1.29, 1.82) is 0 Å². The van der Waals surface area contributed by atoms with Crippen molar-refractivity contribution in [2.45, 2.75) is 52.4 Å². The van der Waals surface area contributed by atoms with E-state index < -0.39 is 6.16 Å². The SMILES string of the molecule is CCCCCNO.CCCCCNO.O=C(O)O. The van der Waals surface area contributed by atoms with E-state index in [-0.39, 0.29) is 0 Å². The van der Waals surface area contributed by atoms with E-state index in [0.717, 1.165) is 25.9 Å². The van der Waals surface area contributed by atoms with Crippen LogP contribution in [0.2, 0.25) is 0 Å². The van der Waals surface area contributed by atoms with E-state index in [4.69, 9.17) is 25.4 Å². The third kappa shape index (κ3) is 59.5. The molecule has 6 N–H and O–H groups in total. The molecule has 0 fully saturated rings. The van der Waals surface area contributed by atoms with Crippen molar-refractivity contribution in [2.24, 2.45) is 0 Å². The smallest absolute Gasteiger partial charge is 0.450 e. The van der Waals surface area contributed by atoms with Gasteiger partial charge in [0, 0.05) is 13.1 Å². The van der Waals surface area contributed by atoms with Crippen molar-refractivity contribution in [3.05, 3.63) is 0 Å². The Morgan fingerprint density at radius 1 is 0.833 bits per heavy atom. The highest BCUT2D eigenvalue weighted by Gasteiger charge is 1.80. The maximum absolute atomic E-state index is 8.56. The standard InChI is InChI=1S/2C5H13NO.CH2O3/c2*1-2-3-4-5-6-7;2-1(3)4/h2*6-7H,2-5H2,1H3;(H2,2,3,4). The van der Waals surface area contributed by atoms with Gasteiger partial charge in [0.2, 0.25) is 0 Å². The monoisotopic (exact) mass is 268 g/mol. The third-order valence-electron chi connectivity index (χ3n) is 1.78. The van der Waals surface area contributed by atoms with Crippen LogP contribution in [0.4, 0.5) is 4.79 Å². The summed E-state index contributed by atoms with van der Waals surface area (Å²) in [5, 5.41) is 30.0. The van der Waals surface area contributed by atoms with Crippen molar-refractivity contribution in [3.8, 4) is 0 Å². The molecule has 0 spiro atoms. The van der Waals surface area contributed by atoms with Crippen molar-refractivity contribution in [1.82, 2.24) is 11.0 Å². The van der Waals surface area contributed by atoms with Gasteiger partial charge < -0.3 is 20.6 Å². The molecule has 0 atom stereocenters. The topological polar surface area (TPSA) is 122 Å². The number of carbonyl (C=O) groups is 1. The molecule has 0 rings (SSSR count). The minimum absolute atomic E-state index is 0.730. The van der Waals surface area contributed by atoms with E-state index in [1.165, 1.54) is 25.7 Å². The average molecular weight is 268 g/mol. The van der Waals surface area contributed by atoms with Gasteiger partial charge in [-0.05, 0) is 12.8 Å². The van der Waals surface area contributed by atoms with Crippen LogP contribution in [0.3, 0.4) is 0 Å². The van der Waals surface area contributed by atoms with Gasteiger partial charge in [0.25, 0.3) is 0 Å². The number of hydrogen-bond acceptors (Lipinski definition) is 5. The molecule has 0 saturated carbocycles. The first-order valence-corrected chi connectivity index (χ1v) is 6.22. The predicted molar refractivity (Wildman–Crippen MR) is 69.3 cm³/mol. The largest absolute Gasteiger partial charge is 0.503 e. The van der Waals surface area contributed by atoms with Crippen molar-refractivity contribution >= 4 is 6.16 Å². The number of nitrogens with one attached hydrogen (secondary N) is 2. The van der Waals surface area contributed by atoms with Gasteiger partial charge in [-0.1, -0.05) is 39.5 Å². The fourth-order valence-corrected chi connectivity index (χ4v) is 0.908. The van der Waals surface area contributed by atoms with E-state index in [1.807, 2.05) is 0 Å². The molecule has 0 aliphatic carbocycles. The van der Waals surface area contributed by atoms with E-state index in [0.29, 0.717) is 0 Å². The van der Waals surface area contributed by atoms with Gasteiger partial charge in [0.05, 0.1) is 0 Å². The molecule has 0 heterocycles. The molecule has 7 heteroatoms. The van der Waals surface area contributed by atoms with Crippen LogP contribution >= 0.6 is 0 Å².